The van der Waals surface area contributed by atoms with E-state index in [1.807, 2.05) is 24.3 Å². The molecule has 0 amide bonds. The zero-order valence-electron chi connectivity index (χ0n) is 12.6. The minimum Gasteiger partial charge on any atom is -0.468 e. The number of hydrogen-bond donors (Lipinski definition) is 2. The molecule has 116 valence electrons. The summed E-state index contributed by atoms with van der Waals surface area (Å²) >= 11 is 0. The van der Waals surface area contributed by atoms with Crippen LogP contribution in [0.2, 0.25) is 0 Å². The zero-order valence-corrected chi connectivity index (χ0v) is 12.6. The topological polar surface area (TPSA) is 96.2 Å². The second kappa shape index (κ2) is 5.81. The first kappa shape index (κ1) is 14.6. The summed E-state index contributed by atoms with van der Waals surface area (Å²) in [6.45, 7) is 0.112. The number of benzene rings is 1. The summed E-state index contributed by atoms with van der Waals surface area (Å²) in [4.78, 5) is 11.6. The lowest BCUT2D eigenvalue weighted by Crippen LogP contribution is -2.21. The molecule has 0 bridgehead atoms. The number of anilines is 1. The van der Waals surface area contributed by atoms with Crippen molar-refractivity contribution in [1.29, 1.82) is 0 Å². The predicted molar refractivity (Wildman–Crippen MR) is 84.0 cm³/mol. The molecule has 0 fully saturated rings. The highest BCUT2D eigenvalue weighted by Gasteiger charge is 2.27. The van der Waals surface area contributed by atoms with E-state index < -0.39 is 0 Å². The molecule has 1 aromatic carbocycles. The molecule has 0 saturated heterocycles. The molecule has 0 spiro atoms. The maximum atomic E-state index is 11.6. The number of nitrogens with zero attached hydrogens (tertiary/aromatic N) is 2. The third kappa shape index (κ3) is 2.57. The van der Waals surface area contributed by atoms with Crippen LogP contribution in [0.4, 0.5) is 5.69 Å². The van der Waals surface area contributed by atoms with Gasteiger partial charge in [-0.3, -0.25) is 9.48 Å². The van der Waals surface area contributed by atoms with Gasteiger partial charge in [-0.05, 0) is 31.4 Å². The van der Waals surface area contributed by atoms with E-state index in [4.69, 9.17) is 16.2 Å². The van der Waals surface area contributed by atoms with Crippen LogP contribution in [-0.2, 0) is 22.5 Å². The molecule has 1 aliphatic carbocycles. The largest absolute Gasteiger partial charge is 0.468 e. The van der Waals surface area contributed by atoms with Gasteiger partial charge in [0.2, 0.25) is 0 Å². The highest BCUT2D eigenvalue weighted by atomic mass is 16.5. The average Bonchev–Trinajstić information content (AvgIpc) is 2.88. The number of rotatable bonds is 3. The number of ether oxygens (including phenoxy) is 1. The molecule has 6 heteroatoms. The molecule has 1 heterocycles. The fourth-order valence-electron chi connectivity index (χ4n) is 2.97. The number of aromatic nitrogens is 2. The van der Waals surface area contributed by atoms with Gasteiger partial charge >= 0.3 is 5.97 Å². The van der Waals surface area contributed by atoms with Crippen LogP contribution in [-0.4, -0.2) is 22.9 Å². The van der Waals surface area contributed by atoms with Crippen molar-refractivity contribution >= 4 is 11.7 Å². The number of nitrogen functional groups attached to an aromatic ring is 1. The Bertz CT molecular complexity index is 691. The Morgan fingerprint density at radius 3 is 2.82 bits per heavy atom. The van der Waals surface area contributed by atoms with Crippen molar-refractivity contribution in [2.75, 3.05) is 12.8 Å². The number of fused-ring (bicyclic) bond motifs is 1. The number of carbonyl (C=O) groups excluding carboxylic acids is 1. The van der Waals surface area contributed by atoms with Gasteiger partial charge in [-0.1, -0.05) is 12.1 Å². The highest BCUT2D eigenvalue weighted by Crippen LogP contribution is 2.36. The fourth-order valence-corrected chi connectivity index (χ4v) is 2.97. The molecular formula is C16H20N4O2. The lowest BCUT2D eigenvalue weighted by atomic mass is 9.89. The van der Waals surface area contributed by atoms with Crippen molar-refractivity contribution in [2.24, 2.45) is 5.73 Å². The fraction of sp³-hybridized carbons (Fsp3) is 0.375. The standard InChI is InChI=1S/C16H20N4O2/c1-22-14(21)9-20-13-4-2-3-12(18)15(13)16(19-20)10-5-7-11(17)8-6-10/h5-8,12H,2-4,9,17-18H2,1H3. The van der Waals surface area contributed by atoms with Crippen LogP contribution in [0.5, 0.6) is 0 Å². The normalized spacial score (nSPS) is 17.1. The summed E-state index contributed by atoms with van der Waals surface area (Å²) in [5.74, 6) is -0.312. The third-order valence-corrected chi connectivity index (χ3v) is 4.09. The van der Waals surface area contributed by atoms with E-state index in [2.05, 4.69) is 5.10 Å². The van der Waals surface area contributed by atoms with E-state index in [0.29, 0.717) is 5.69 Å². The second-order valence-corrected chi connectivity index (χ2v) is 5.56. The van der Waals surface area contributed by atoms with Gasteiger partial charge < -0.3 is 16.2 Å². The van der Waals surface area contributed by atoms with Gasteiger partial charge in [0.25, 0.3) is 0 Å². The zero-order chi connectivity index (χ0) is 15.7. The highest BCUT2D eigenvalue weighted by molar-refractivity contribution is 5.71. The molecule has 1 atom stereocenters. The Kier molecular flexibility index (Phi) is 3.85. The Balaban J connectivity index is 2.09. The van der Waals surface area contributed by atoms with E-state index in [-0.39, 0.29) is 18.6 Å². The van der Waals surface area contributed by atoms with Crippen LogP contribution in [0, 0.1) is 0 Å². The minimum atomic E-state index is -0.312. The molecule has 1 unspecified atom stereocenters. The quantitative estimate of drug-likeness (QED) is 0.663. The SMILES string of the molecule is COC(=O)Cn1nc(-c2ccc(N)cc2)c2c1CCCC2N. The van der Waals surface area contributed by atoms with Gasteiger partial charge in [-0.15, -0.1) is 0 Å². The van der Waals surface area contributed by atoms with E-state index in [1.54, 1.807) is 4.68 Å². The van der Waals surface area contributed by atoms with Crippen LogP contribution >= 0.6 is 0 Å². The van der Waals surface area contributed by atoms with Crippen LogP contribution in [0.15, 0.2) is 24.3 Å². The summed E-state index contributed by atoms with van der Waals surface area (Å²) in [7, 11) is 1.38. The second-order valence-electron chi connectivity index (χ2n) is 5.56. The molecule has 22 heavy (non-hydrogen) atoms. The number of methoxy groups -OCH3 is 1. The van der Waals surface area contributed by atoms with E-state index in [0.717, 1.165) is 41.8 Å². The van der Waals surface area contributed by atoms with Gasteiger partial charge in [0.15, 0.2) is 0 Å². The van der Waals surface area contributed by atoms with Gasteiger partial charge in [-0.25, -0.2) is 0 Å². The number of nitrogens with two attached hydrogens (primary N) is 2. The molecule has 6 nitrogen and oxygen atoms in total. The maximum Gasteiger partial charge on any atom is 0.327 e. The van der Waals surface area contributed by atoms with Gasteiger partial charge in [0, 0.05) is 28.6 Å². The van der Waals surface area contributed by atoms with Crippen LogP contribution < -0.4 is 11.5 Å². The lowest BCUT2D eigenvalue weighted by Gasteiger charge is -2.20. The average molecular weight is 300 g/mol. The molecule has 0 saturated carbocycles. The van der Waals surface area contributed by atoms with Crippen molar-refractivity contribution in [3.8, 4) is 11.3 Å². The first-order valence-corrected chi connectivity index (χ1v) is 7.38. The summed E-state index contributed by atoms with van der Waals surface area (Å²) < 4.78 is 6.48. The Morgan fingerprint density at radius 2 is 2.14 bits per heavy atom. The summed E-state index contributed by atoms with van der Waals surface area (Å²) in [6, 6.07) is 7.50. The molecule has 0 radical (unpaired) electrons. The van der Waals surface area contributed by atoms with Crippen molar-refractivity contribution < 1.29 is 9.53 Å². The molecular weight excluding hydrogens is 280 g/mol. The molecule has 2 aromatic rings. The van der Waals surface area contributed by atoms with Gasteiger partial charge in [0.1, 0.15) is 6.54 Å². The Labute approximate surface area is 129 Å². The summed E-state index contributed by atoms with van der Waals surface area (Å²) in [5, 5.41) is 4.63. The molecule has 1 aromatic heterocycles. The van der Waals surface area contributed by atoms with Crippen molar-refractivity contribution in [3.05, 3.63) is 35.5 Å². The third-order valence-electron chi connectivity index (χ3n) is 4.09. The molecule has 0 aliphatic heterocycles. The van der Waals surface area contributed by atoms with Crippen molar-refractivity contribution in [2.45, 2.75) is 31.8 Å². The van der Waals surface area contributed by atoms with Crippen molar-refractivity contribution in [3.63, 3.8) is 0 Å². The Morgan fingerprint density at radius 1 is 1.41 bits per heavy atom. The molecule has 1 aliphatic rings. The molecule has 3 rings (SSSR count). The minimum absolute atomic E-state index is 0.0531. The molecule has 4 N–H and O–H groups in total. The first-order valence-electron chi connectivity index (χ1n) is 7.38. The number of esters is 1. The van der Waals surface area contributed by atoms with Crippen LogP contribution in [0.1, 0.15) is 30.1 Å². The maximum absolute atomic E-state index is 11.6. The van der Waals surface area contributed by atoms with Crippen LogP contribution in [0.25, 0.3) is 11.3 Å². The number of hydrogen-bond acceptors (Lipinski definition) is 5. The predicted octanol–water partition coefficient (Wildman–Crippen LogP) is 1.64. The number of carbonyl (C=O) groups is 1. The lowest BCUT2D eigenvalue weighted by molar-refractivity contribution is -0.141. The van der Waals surface area contributed by atoms with Crippen molar-refractivity contribution in [1.82, 2.24) is 9.78 Å². The van der Waals surface area contributed by atoms with Gasteiger partial charge in [-0.2, -0.15) is 5.10 Å². The summed E-state index contributed by atoms with van der Waals surface area (Å²) in [5.41, 5.74) is 16.6. The summed E-state index contributed by atoms with van der Waals surface area (Å²) in [6.07, 6.45) is 2.81. The van der Waals surface area contributed by atoms with Gasteiger partial charge in [0.05, 0.1) is 12.8 Å². The first-order chi connectivity index (χ1) is 10.6. The van der Waals surface area contributed by atoms with E-state index >= 15 is 0 Å². The van der Waals surface area contributed by atoms with E-state index in [9.17, 15) is 4.79 Å². The van der Waals surface area contributed by atoms with Crippen LogP contribution in [0.3, 0.4) is 0 Å². The monoisotopic (exact) mass is 300 g/mol. The Hall–Kier alpha value is -2.34. The smallest absolute Gasteiger partial charge is 0.327 e. The van der Waals surface area contributed by atoms with E-state index in [1.165, 1.54) is 7.11 Å².